The third-order valence-electron chi connectivity index (χ3n) is 6.01. The lowest BCUT2D eigenvalue weighted by Crippen LogP contribution is -2.35. The van der Waals surface area contributed by atoms with Crippen LogP contribution in [0.2, 0.25) is 0 Å². The summed E-state index contributed by atoms with van der Waals surface area (Å²) in [4.78, 5) is 23.8. The molecule has 5 atom stereocenters. The van der Waals surface area contributed by atoms with Crippen LogP contribution in [0, 0.1) is 17.8 Å². The van der Waals surface area contributed by atoms with Gasteiger partial charge in [0.1, 0.15) is 6.10 Å². The van der Waals surface area contributed by atoms with E-state index in [-0.39, 0.29) is 18.5 Å². The molecule has 1 saturated heterocycles. The van der Waals surface area contributed by atoms with Crippen molar-refractivity contribution in [3.8, 4) is 0 Å². The molecule has 1 N–H and O–H groups in total. The van der Waals surface area contributed by atoms with E-state index >= 15 is 0 Å². The summed E-state index contributed by atoms with van der Waals surface area (Å²) in [6.07, 6.45) is 5.68. The molecular weight excluding hydrogens is 292 g/mol. The molecule has 3 rings (SSSR count). The Morgan fingerprint density at radius 1 is 1.17 bits per heavy atom. The van der Waals surface area contributed by atoms with Crippen LogP contribution in [0.15, 0.2) is 11.1 Å². The summed E-state index contributed by atoms with van der Waals surface area (Å²) in [5.74, 6) is 1.76. The SMILES string of the molecule is CC1=C(CCC2CC(O)CC(=O)O2)C2CCC(C)CC2CC1=O. The predicted octanol–water partition coefficient (Wildman–Crippen LogP) is 3.17. The van der Waals surface area contributed by atoms with Gasteiger partial charge in [0.2, 0.25) is 0 Å². The van der Waals surface area contributed by atoms with Gasteiger partial charge in [0, 0.05) is 12.8 Å². The molecule has 1 saturated carbocycles. The van der Waals surface area contributed by atoms with E-state index in [1.807, 2.05) is 6.92 Å². The molecule has 1 aliphatic heterocycles. The number of Topliss-reactive ketones (excluding diaryl/α,β-unsaturated/α-hetero) is 1. The van der Waals surface area contributed by atoms with Gasteiger partial charge in [-0.25, -0.2) is 0 Å². The van der Waals surface area contributed by atoms with Crippen LogP contribution in [0.25, 0.3) is 0 Å². The van der Waals surface area contributed by atoms with Crippen molar-refractivity contribution in [2.45, 2.75) is 77.4 Å². The number of allylic oxidation sites excluding steroid dienone is 2. The number of ketones is 1. The highest BCUT2D eigenvalue weighted by Gasteiger charge is 2.38. The van der Waals surface area contributed by atoms with Gasteiger partial charge in [-0.2, -0.15) is 0 Å². The Labute approximate surface area is 138 Å². The zero-order valence-electron chi connectivity index (χ0n) is 14.2. The molecule has 0 aromatic rings. The van der Waals surface area contributed by atoms with Gasteiger partial charge < -0.3 is 9.84 Å². The lowest BCUT2D eigenvalue weighted by atomic mass is 9.64. The fourth-order valence-electron chi connectivity index (χ4n) is 4.76. The number of hydrogen-bond acceptors (Lipinski definition) is 4. The maximum Gasteiger partial charge on any atom is 0.308 e. The second-order valence-electron chi connectivity index (χ2n) is 7.81. The van der Waals surface area contributed by atoms with Gasteiger partial charge in [0.15, 0.2) is 5.78 Å². The van der Waals surface area contributed by atoms with Crippen LogP contribution in [0.4, 0.5) is 0 Å². The molecule has 4 nitrogen and oxygen atoms in total. The van der Waals surface area contributed by atoms with Gasteiger partial charge in [0.05, 0.1) is 12.5 Å². The smallest absolute Gasteiger partial charge is 0.308 e. The molecule has 5 unspecified atom stereocenters. The van der Waals surface area contributed by atoms with Gasteiger partial charge in [-0.1, -0.05) is 18.9 Å². The molecule has 0 bridgehead atoms. The Hall–Kier alpha value is -1.16. The Morgan fingerprint density at radius 2 is 1.96 bits per heavy atom. The first-order valence-corrected chi connectivity index (χ1v) is 9.04. The van der Waals surface area contributed by atoms with Gasteiger partial charge in [-0.3, -0.25) is 9.59 Å². The normalized spacial score (nSPS) is 38.3. The molecule has 4 heteroatoms. The van der Waals surface area contributed by atoms with E-state index in [0.29, 0.717) is 30.5 Å². The average molecular weight is 320 g/mol. The van der Waals surface area contributed by atoms with Crippen molar-refractivity contribution in [3.63, 3.8) is 0 Å². The largest absolute Gasteiger partial charge is 0.462 e. The van der Waals surface area contributed by atoms with E-state index in [1.54, 1.807) is 0 Å². The minimum atomic E-state index is -0.576. The number of cyclic esters (lactones) is 1. The fourth-order valence-corrected chi connectivity index (χ4v) is 4.76. The van der Waals surface area contributed by atoms with E-state index < -0.39 is 6.10 Å². The third kappa shape index (κ3) is 3.68. The summed E-state index contributed by atoms with van der Waals surface area (Å²) in [5, 5.41) is 9.73. The molecule has 0 aromatic heterocycles. The van der Waals surface area contributed by atoms with Crippen molar-refractivity contribution >= 4 is 11.8 Å². The van der Waals surface area contributed by atoms with E-state index in [9.17, 15) is 14.7 Å². The van der Waals surface area contributed by atoms with Crippen molar-refractivity contribution in [1.82, 2.24) is 0 Å². The van der Waals surface area contributed by atoms with Gasteiger partial charge in [0.25, 0.3) is 0 Å². The first kappa shape index (κ1) is 16.7. The quantitative estimate of drug-likeness (QED) is 0.811. The highest BCUT2D eigenvalue weighted by atomic mass is 16.5. The first-order valence-electron chi connectivity index (χ1n) is 9.04. The Bertz CT molecular complexity index is 521. The van der Waals surface area contributed by atoms with Crippen molar-refractivity contribution in [2.75, 3.05) is 0 Å². The lowest BCUT2D eigenvalue weighted by Gasteiger charge is -2.40. The van der Waals surface area contributed by atoms with Crippen LogP contribution >= 0.6 is 0 Å². The molecule has 1 heterocycles. The molecule has 23 heavy (non-hydrogen) atoms. The molecule has 3 aliphatic rings. The number of ether oxygens (including phenoxy) is 1. The molecule has 2 fully saturated rings. The number of carbonyl (C=O) groups excluding carboxylic acids is 2. The van der Waals surface area contributed by atoms with E-state index in [1.165, 1.54) is 18.4 Å². The minimum absolute atomic E-state index is 0.110. The van der Waals surface area contributed by atoms with Crippen molar-refractivity contribution in [1.29, 1.82) is 0 Å². The number of fused-ring (bicyclic) bond motifs is 1. The predicted molar refractivity (Wildman–Crippen MR) is 86.7 cm³/mol. The number of esters is 1. The van der Waals surface area contributed by atoms with Crippen molar-refractivity contribution in [2.24, 2.45) is 17.8 Å². The molecule has 0 spiro atoms. The lowest BCUT2D eigenvalue weighted by molar-refractivity contribution is -0.160. The molecule has 2 aliphatic carbocycles. The second kappa shape index (κ2) is 6.76. The van der Waals surface area contributed by atoms with Crippen molar-refractivity contribution in [3.05, 3.63) is 11.1 Å². The maximum absolute atomic E-state index is 12.3. The number of hydrogen-bond donors (Lipinski definition) is 1. The summed E-state index contributed by atoms with van der Waals surface area (Å²) < 4.78 is 5.36. The number of rotatable bonds is 3. The Balaban J connectivity index is 1.68. The van der Waals surface area contributed by atoms with Crippen molar-refractivity contribution < 1.29 is 19.4 Å². The number of aliphatic hydroxyl groups is 1. The summed E-state index contributed by atoms with van der Waals surface area (Å²) in [7, 11) is 0. The fraction of sp³-hybridized carbons (Fsp3) is 0.789. The average Bonchev–Trinajstić information content (AvgIpc) is 2.47. The third-order valence-corrected chi connectivity index (χ3v) is 6.01. The van der Waals surface area contributed by atoms with Crippen LogP contribution in [-0.2, 0) is 14.3 Å². The number of carbonyl (C=O) groups is 2. The van der Waals surface area contributed by atoms with Gasteiger partial charge in [-0.15, -0.1) is 0 Å². The highest BCUT2D eigenvalue weighted by molar-refractivity contribution is 5.96. The summed E-state index contributed by atoms with van der Waals surface area (Å²) in [6.45, 7) is 4.25. The van der Waals surface area contributed by atoms with Gasteiger partial charge >= 0.3 is 5.97 Å². The molecular formula is C19H28O4. The van der Waals surface area contributed by atoms with Crippen LogP contribution < -0.4 is 0 Å². The van der Waals surface area contributed by atoms with Crippen LogP contribution in [0.3, 0.4) is 0 Å². The van der Waals surface area contributed by atoms with E-state index in [4.69, 9.17) is 4.74 Å². The number of aliphatic hydroxyl groups excluding tert-OH is 1. The van der Waals surface area contributed by atoms with Crippen LogP contribution in [0.1, 0.15) is 65.2 Å². The highest BCUT2D eigenvalue weighted by Crippen LogP contribution is 2.45. The van der Waals surface area contributed by atoms with E-state index in [0.717, 1.165) is 30.8 Å². The van der Waals surface area contributed by atoms with Gasteiger partial charge in [-0.05, 0) is 55.9 Å². The molecule has 0 radical (unpaired) electrons. The molecule has 128 valence electrons. The topological polar surface area (TPSA) is 63.6 Å². The standard InChI is InChI=1S/C19H28O4/c1-11-3-5-17-13(7-11)8-18(21)12(2)16(17)6-4-15-9-14(20)10-19(22)23-15/h11,13-15,17,20H,3-10H2,1-2H3. The Morgan fingerprint density at radius 3 is 2.70 bits per heavy atom. The molecule has 0 amide bonds. The summed E-state index contributed by atoms with van der Waals surface area (Å²) in [5.41, 5.74) is 2.25. The first-order chi connectivity index (χ1) is 10.9. The van der Waals surface area contributed by atoms with Crippen LogP contribution in [0.5, 0.6) is 0 Å². The zero-order valence-corrected chi connectivity index (χ0v) is 14.2. The molecule has 0 aromatic carbocycles. The minimum Gasteiger partial charge on any atom is -0.462 e. The zero-order chi connectivity index (χ0) is 16.6. The summed E-state index contributed by atoms with van der Waals surface area (Å²) in [6, 6.07) is 0. The summed E-state index contributed by atoms with van der Waals surface area (Å²) >= 11 is 0. The Kier molecular flexibility index (Phi) is 4.90. The monoisotopic (exact) mass is 320 g/mol. The van der Waals surface area contributed by atoms with E-state index in [2.05, 4.69) is 6.92 Å². The maximum atomic E-state index is 12.3. The second-order valence-corrected chi connectivity index (χ2v) is 7.81. The van der Waals surface area contributed by atoms with Crippen LogP contribution in [-0.4, -0.2) is 29.1 Å².